The van der Waals surface area contributed by atoms with Gasteiger partial charge >= 0.3 is 0 Å². The van der Waals surface area contributed by atoms with Crippen LogP contribution in [0.15, 0.2) is 34.9 Å². The highest BCUT2D eigenvalue weighted by molar-refractivity contribution is 6.06. The van der Waals surface area contributed by atoms with Crippen molar-refractivity contribution >= 4 is 22.9 Å². The fourth-order valence-corrected chi connectivity index (χ4v) is 4.61. The quantitative estimate of drug-likeness (QED) is 0.546. The van der Waals surface area contributed by atoms with Gasteiger partial charge in [-0.3, -0.25) is 9.59 Å². The van der Waals surface area contributed by atoms with Crippen LogP contribution in [-0.4, -0.2) is 65.0 Å². The minimum atomic E-state index is -0.0470. The predicted octanol–water partition coefficient (Wildman–Crippen LogP) is 4.30. The van der Waals surface area contributed by atoms with Gasteiger partial charge in [-0.2, -0.15) is 0 Å². The molecular weight excluding hydrogens is 444 g/mol. The Hall–Kier alpha value is -3.42. The molecule has 35 heavy (non-hydrogen) atoms. The molecule has 2 aliphatic rings. The van der Waals surface area contributed by atoms with E-state index >= 15 is 0 Å². The van der Waals surface area contributed by atoms with Gasteiger partial charge in [0.05, 0.1) is 23.8 Å². The molecule has 1 aliphatic carbocycles. The van der Waals surface area contributed by atoms with Gasteiger partial charge in [0, 0.05) is 43.4 Å². The van der Waals surface area contributed by atoms with E-state index in [2.05, 4.69) is 25.9 Å². The van der Waals surface area contributed by atoms with Crippen LogP contribution in [0.1, 0.15) is 71.6 Å². The third kappa shape index (κ3) is 4.88. The normalized spacial score (nSPS) is 16.6. The Morgan fingerprint density at radius 1 is 1.03 bits per heavy atom. The van der Waals surface area contributed by atoms with E-state index in [4.69, 9.17) is 14.2 Å². The van der Waals surface area contributed by atoms with Gasteiger partial charge in [0.25, 0.3) is 17.5 Å². The maximum absolute atomic E-state index is 13.8. The van der Waals surface area contributed by atoms with Crippen LogP contribution in [0.25, 0.3) is 11.1 Å². The van der Waals surface area contributed by atoms with E-state index in [1.54, 1.807) is 36.3 Å². The van der Waals surface area contributed by atoms with Crippen molar-refractivity contribution in [3.05, 3.63) is 52.8 Å². The van der Waals surface area contributed by atoms with Crippen molar-refractivity contribution in [3.8, 4) is 5.75 Å². The van der Waals surface area contributed by atoms with E-state index in [0.717, 1.165) is 29.6 Å². The topological polar surface area (TPSA) is 88.8 Å². The van der Waals surface area contributed by atoms with Gasteiger partial charge in [0.2, 0.25) is 0 Å². The molecule has 0 unspecified atom stereocenters. The molecule has 0 bridgehead atoms. The summed E-state index contributed by atoms with van der Waals surface area (Å²) in [7, 11) is 1.60. The number of benzene rings is 1. The highest BCUT2D eigenvalue weighted by Crippen LogP contribution is 2.41. The van der Waals surface area contributed by atoms with E-state index < -0.39 is 0 Å². The van der Waals surface area contributed by atoms with Crippen LogP contribution in [0.5, 0.6) is 5.75 Å². The molecule has 184 valence electrons. The number of nitrogens with zero attached hydrogens (tertiary/aromatic N) is 4. The average molecular weight is 477 g/mol. The third-order valence-corrected chi connectivity index (χ3v) is 6.65. The first-order chi connectivity index (χ1) is 16.7. The largest absolute Gasteiger partial charge is 0.497 e. The first-order valence-corrected chi connectivity index (χ1v) is 12.3. The monoisotopic (exact) mass is 476 g/mol. The van der Waals surface area contributed by atoms with E-state index in [0.29, 0.717) is 61.1 Å². The summed E-state index contributed by atoms with van der Waals surface area (Å²) in [6, 6.07) is 9.06. The Morgan fingerprint density at radius 3 is 2.23 bits per heavy atom. The molecule has 0 spiro atoms. The number of hydrogen-bond acceptors (Lipinski definition) is 6. The zero-order chi connectivity index (χ0) is 24.7. The number of rotatable bonds is 5. The lowest BCUT2D eigenvalue weighted by Gasteiger charge is -2.35. The molecular formula is C27H32N4O4. The summed E-state index contributed by atoms with van der Waals surface area (Å²) in [6.07, 6.45) is 2.86. The van der Waals surface area contributed by atoms with Crippen LogP contribution >= 0.6 is 0 Å². The second-order valence-electron chi connectivity index (χ2n) is 10.7. The van der Waals surface area contributed by atoms with Crippen LogP contribution in [0.4, 0.5) is 0 Å². The van der Waals surface area contributed by atoms with Crippen LogP contribution in [-0.2, 0) is 6.42 Å². The van der Waals surface area contributed by atoms with Gasteiger partial charge in [-0.1, -0.05) is 25.9 Å². The standard InChI is InChI=1S/C27H32N4O4/c1-27(2,3)16-22-23-20(15-21(17-5-6-17)28-24(23)35-29-22)26(33)31-13-11-30(12-14-31)25(32)18-7-9-19(34-4)10-8-18/h7-10,15,17H,5-6,11-14,16H2,1-4H3. The number of piperazine rings is 1. The van der Waals surface area contributed by atoms with Crippen molar-refractivity contribution in [3.63, 3.8) is 0 Å². The van der Waals surface area contributed by atoms with E-state index in [-0.39, 0.29) is 17.2 Å². The Kier molecular flexibility index (Phi) is 5.99. The number of carbonyl (C=O) groups is 2. The second kappa shape index (κ2) is 8.98. The number of methoxy groups -OCH3 is 1. The summed E-state index contributed by atoms with van der Waals surface area (Å²) in [5.74, 6) is 1.02. The van der Waals surface area contributed by atoms with Gasteiger partial charge in [-0.25, -0.2) is 4.98 Å². The highest BCUT2D eigenvalue weighted by atomic mass is 16.5. The van der Waals surface area contributed by atoms with Crippen LogP contribution in [0.2, 0.25) is 0 Å². The number of fused-ring (bicyclic) bond motifs is 1. The van der Waals surface area contributed by atoms with Gasteiger partial charge < -0.3 is 19.1 Å². The Balaban J connectivity index is 1.36. The minimum absolute atomic E-state index is 0.00721. The van der Waals surface area contributed by atoms with Gasteiger partial charge in [-0.05, 0) is 55.0 Å². The van der Waals surface area contributed by atoms with Crippen molar-refractivity contribution in [1.82, 2.24) is 19.9 Å². The first-order valence-electron chi connectivity index (χ1n) is 12.3. The molecule has 3 aromatic rings. The lowest BCUT2D eigenvalue weighted by atomic mass is 9.89. The molecule has 2 aromatic heterocycles. The molecule has 1 saturated carbocycles. The van der Waals surface area contributed by atoms with Crippen molar-refractivity contribution < 1.29 is 18.8 Å². The number of hydrogen-bond donors (Lipinski definition) is 0. The molecule has 3 heterocycles. The molecule has 2 amide bonds. The maximum Gasteiger partial charge on any atom is 0.259 e. The van der Waals surface area contributed by atoms with Crippen molar-refractivity contribution in [2.45, 2.75) is 46.0 Å². The summed E-state index contributed by atoms with van der Waals surface area (Å²) >= 11 is 0. The van der Waals surface area contributed by atoms with E-state index in [9.17, 15) is 9.59 Å². The summed E-state index contributed by atoms with van der Waals surface area (Å²) in [4.78, 5) is 35.0. The third-order valence-electron chi connectivity index (χ3n) is 6.65. The zero-order valence-electron chi connectivity index (χ0n) is 20.8. The van der Waals surface area contributed by atoms with E-state index in [1.165, 1.54) is 0 Å². The Morgan fingerprint density at radius 2 is 1.66 bits per heavy atom. The van der Waals surface area contributed by atoms with Crippen molar-refractivity contribution in [2.75, 3.05) is 33.3 Å². The van der Waals surface area contributed by atoms with E-state index in [1.807, 2.05) is 11.0 Å². The Labute approximate surface area is 205 Å². The molecule has 0 atom stereocenters. The SMILES string of the molecule is COc1ccc(C(=O)N2CCN(C(=O)c3cc(C4CC4)nc4onc(CC(C)(C)C)c34)CC2)cc1. The van der Waals surface area contributed by atoms with Crippen LogP contribution in [0.3, 0.4) is 0 Å². The Bertz CT molecular complexity index is 1250. The molecule has 8 heteroatoms. The van der Waals surface area contributed by atoms with Crippen LogP contribution < -0.4 is 4.74 Å². The number of aromatic nitrogens is 2. The number of ether oxygens (including phenoxy) is 1. The molecule has 0 N–H and O–H groups in total. The number of carbonyl (C=O) groups excluding carboxylic acids is 2. The summed E-state index contributed by atoms with van der Waals surface area (Å²) in [5, 5.41) is 5.03. The summed E-state index contributed by atoms with van der Waals surface area (Å²) in [5.41, 5.74) is 3.36. The maximum atomic E-state index is 13.8. The van der Waals surface area contributed by atoms with Gasteiger partial charge in [0.15, 0.2) is 0 Å². The predicted molar refractivity (Wildman–Crippen MR) is 132 cm³/mol. The van der Waals surface area contributed by atoms with Gasteiger partial charge in [0.1, 0.15) is 5.75 Å². The van der Waals surface area contributed by atoms with Crippen LogP contribution in [0, 0.1) is 5.41 Å². The zero-order valence-corrected chi connectivity index (χ0v) is 20.8. The van der Waals surface area contributed by atoms with Gasteiger partial charge in [-0.15, -0.1) is 0 Å². The molecule has 5 rings (SSSR count). The lowest BCUT2D eigenvalue weighted by molar-refractivity contribution is 0.0536. The average Bonchev–Trinajstić information content (AvgIpc) is 3.64. The fraction of sp³-hybridized carbons (Fsp3) is 0.481. The number of pyridine rings is 1. The summed E-state index contributed by atoms with van der Waals surface area (Å²) in [6.45, 7) is 8.34. The lowest BCUT2D eigenvalue weighted by Crippen LogP contribution is -2.50. The highest BCUT2D eigenvalue weighted by Gasteiger charge is 2.32. The molecule has 1 saturated heterocycles. The fourth-order valence-electron chi connectivity index (χ4n) is 4.61. The first kappa shape index (κ1) is 23.3. The number of amides is 2. The van der Waals surface area contributed by atoms with Crippen molar-refractivity contribution in [1.29, 1.82) is 0 Å². The minimum Gasteiger partial charge on any atom is -0.497 e. The second-order valence-corrected chi connectivity index (χ2v) is 10.7. The summed E-state index contributed by atoms with van der Waals surface area (Å²) < 4.78 is 10.8. The molecule has 1 aliphatic heterocycles. The smallest absolute Gasteiger partial charge is 0.259 e. The molecule has 8 nitrogen and oxygen atoms in total. The van der Waals surface area contributed by atoms with Crippen molar-refractivity contribution in [2.24, 2.45) is 5.41 Å². The molecule has 1 aromatic carbocycles. The molecule has 2 fully saturated rings. The molecule has 0 radical (unpaired) electrons.